The zero-order valence-electron chi connectivity index (χ0n) is 17.8. The van der Waals surface area contributed by atoms with Crippen molar-refractivity contribution in [3.8, 4) is 28.7 Å². The summed E-state index contributed by atoms with van der Waals surface area (Å²) >= 11 is 0. The minimum atomic E-state index is -0.430. The maximum absolute atomic E-state index is 13.0. The van der Waals surface area contributed by atoms with E-state index in [1.54, 1.807) is 22.6 Å². The molecule has 0 saturated carbocycles. The largest absolute Gasteiger partial charge is 0.471 e. The van der Waals surface area contributed by atoms with Gasteiger partial charge in [0.05, 0.1) is 30.2 Å². The summed E-state index contributed by atoms with van der Waals surface area (Å²) in [6, 6.07) is 10.5. The number of hydrogen-bond acceptors (Lipinski definition) is 9. The van der Waals surface area contributed by atoms with Crippen molar-refractivity contribution >= 4 is 0 Å². The van der Waals surface area contributed by atoms with Gasteiger partial charge in [0.15, 0.2) is 0 Å². The van der Waals surface area contributed by atoms with E-state index >= 15 is 0 Å². The molecular formula is C21H18FN9O2. The number of halogens is 1. The number of nitrogens with zero attached hydrogens (tertiary/aromatic N) is 9. The Hall–Kier alpha value is -4.48. The van der Waals surface area contributed by atoms with Gasteiger partial charge < -0.3 is 9.26 Å². The topological polar surface area (TPSA) is 122 Å². The van der Waals surface area contributed by atoms with Gasteiger partial charge in [0.25, 0.3) is 5.89 Å². The highest BCUT2D eigenvalue weighted by Gasteiger charge is 2.18. The molecule has 0 radical (unpaired) electrons. The molecule has 0 unspecified atom stereocenters. The Morgan fingerprint density at radius 3 is 2.67 bits per heavy atom. The number of benzene rings is 1. The van der Waals surface area contributed by atoms with Crippen LogP contribution in [0.4, 0.5) is 4.39 Å². The van der Waals surface area contributed by atoms with Gasteiger partial charge in [-0.2, -0.15) is 10.1 Å². The molecule has 0 bridgehead atoms. The van der Waals surface area contributed by atoms with Crippen LogP contribution in [0.1, 0.15) is 17.1 Å². The molecule has 0 fully saturated rings. The third-order valence-electron chi connectivity index (χ3n) is 5.03. The molecule has 5 aromatic rings. The molecule has 12 heteroatoms. The van der Waals surface area contributed by atoms with Gasteiger partial charge in [0, 0.05) is 18.7 Å². The van der Waals surface area contributed by atoms with Gasteiger partial charge in [-0.25, -0.2) is 14.1 Å². The van der Waals surface area contributed by atoms with Gasteiger partial charge in [-0.05, 0) is 29.0 Å². The lowest BCUT2D eigenvalue weighted by atomic mass is 10.1. The van der Waals surface area contributed by atoms with Crippen molar-refractivity contribution in [2.45, 2.75) is 20.1 Å². The standard InChI is InChI=1S/C21H18FN9O2/c1-13-26-28-29-31(13)11-14-3-5-15(6-4-14)20-25-21(33-27-20)17-10-24-30(2)18(17)12-32-19-8-7-16(22)9-23-19/h3-10H,11-12H2,1-2H3. The molecule has 0 atom stereocenters. The van der Waals surface area contributed by atoms with E-state index < -0.39 is 5.82 Å². The van der Waals surface area contributed by atoms with E-state index in [0.717, 1.165) is 23.1 Å². The Labute approximate surface area is 186 Å². The molecule has 0 spiro atoms. The quantitative estimate of drug-likeness (QED) is 0.370. The highest BCUT2D eigenvalue weighted by molar-refractivity contribution is 5.61. The van der Waals surface area contributed by atoms with Crippen LogP contribution in [-0.2, 0) is 20.2 Å². The van der Waals surface area contributed by atoms with Crippen LogP contribution in [0.5, 0.6) is 5.88 Å². The van der Waals surface area contributed by atoms with E-state index in [9.17, 15) is 4.39 Å². The third kappa shape index (κ3) is 4.31. The first-order valence-corrected chi connectivity index (χ1v) is 9.98. The molecule has 0 aliphatic carbocycles. The molecule has 166 valence electrons. The van der Waals surface area contributed by atoms with Crippen LogP contribution < -0.4 is 4.74 Å². The monoisotopic (exact) mass is 447 g/mol. The number of aryl methyl sites for hydroxylation is 2. The van der Waals surface area contributed by atoms with Gasteiger partial charge in [-0.15, -0.1) is 5.10 Å². The molecule has 0 amide bonds. The first kappa shape index (κ1) is 20.4. The second-order valence-corrected chi connectivity index (χ2v) is 7.24. The van der Waals surface area contributed by atoms with E-state index in [-0.39, 0.29) is 6.61 Å². The summed E-state index contributed by atoms with van der Waals surface area (Å²) in [7, 11) is 1.78. The molecular weight excluding hydrogens is 429 g/mol. The van der Waals surface area contributed by atoms with Crippen molar-refractivity contribution in [2.24, 2.45) is 7.05 Å². The Morgan fingerprint density at radius 2 is 1.94 bits per heavy atom. The fourth-order valence-corrected chi connectivity index (χ4v) is 3.18. The van der Waals surface area contributed by atoms with Crippen LogP contribution >= 0.6 is 0 Å². The molecule has 1 aromatic carbocycles. The van der Waals surface area contributed by atoms with E-state index in [0.29, 0.717) is 35.4 Å². The predicted molar refractivity (Wildman–Crippen MR) is 112 cm³/mol. The van der Waals surface area contributed by atoms with Crippen molar-refractivity contribution in [1.29, 1.82) is 0 Å². The van der Waals surface area contributed by atoms with Gasteiger partial charge >= 0.3 is 0 Å². The zero-order chi connectivity index (χ0) is 22.8. The van der Waals surface area contributed by atoms with Crippen molar-refractivity contribution in [3.05, 3.63) is 71.7 Å². The number of pyridine rings is 1. The van der Waals surface area contributed by atoms with Gasteiger partial charge in [-0.1, -0.05) is 29.4 Å². The van der Waals surface area contributed by atoms with Gasteiger partial charge in [0.1, 0.15) is 18.2 Å². The fraction of sp³-hybridized carbons (Fsp3) is 0.190. The molecule has 4 aromatic heterocycles. The minimum Gasteiger partial charge on any atom is -0.471 e. The van der Waals surface area contributed by atoms with Crippen molar-refractivity contribution < 1.29 is 13.7 Å². The lowest BCUT2D eigenvalue weighted by molar-refractivity contribution is 0.282. The number of rotatable bonds is 7. The number of tetrazole rings is 1. The van der Waals surface area contributed by atoms with E-state index in [4.69, 9.17) is 9.26 Å². The maximum Gasteiger partial charge on any atom is 0.261 e. The molecule has 5 rings (SSSR count). The second kappa shape index (κ2) is 8.57. The van der Waals surface area contributed by atoms with Crippen molar-refractivity contribution in [1.82, 2.24) is 45.1 Å². The summed E-state index contributed by atoms with van der Waals surface area (Å²) in [6.45, 7) is 2.56. The van der Waals surface area contributed by atoms with E-state index in [1.807, 2.05) is 31.2 Å². The average molecular weight is 447 g/mol. The van der Waals surface area contributed by atoms with Crippen molar-refractivity contribution in [3.63, 3.8) is 0 Å². The summed E-state index contributed by atoms with van der Waals surface area (Å²) < 4.78 is 27.6. The molecule has 0 aliphatic heterocycles. The fourth-order valence-electron chi connectivity index (χ4n) is 3.18. The predicted octanol–water partition coefficient (Wildman–Crippen LogP) is 2.59. The maximum atomic E-state index is 13.0. The summed E-state index contributed by atoms with van der Waals surface area (Å²) in [6.07, 6.45) is 2.73. The summed E-state index contributed by atoms with van der Waals surface area (Å²) in [4.78, 5) is 8.42. The van der Waals surface area contributed by atoms with Crippen LogP contribution in [-0.4, -0.2) is 45.1 Å². The first-order chi connectivity index (χ1) is 16.1. The normalized spacial score (nSPS) is 11.1. The molecule has 4 heterocycles. The molecule has 11 nitrogen and oxygen atoms in total. The SMILES string of the molecule is Cc1nnnn1Cc1ccc(-c2noc(-c3cnn(C)c3COc3ccc(F)cn3)n2)cc1. The minimum absolute atomic E-state index is 0.146. The Bertz CT molecular complexity index is 1370. The Morgan fingerprint density at radius 1 is 1.09 bits per heavy atom. The smallest absolute Gasteiger partial charge is 0.261 e. The number of ether oxygens (including phenoxy) is 1. The van der Waals surface area contributed by atoms with Gasteiger partial charge in [0.2, 0.25) is 11.7 Å². The highest BCUT2D eigenvalue weighted by atomic mass is 19.1. The first-order valence-electron chi connectivity index (χ1n) is 9.98. The van der Waals surface area contributed by atoms with E-state index in [1.165, 1.54) is 12.1 Å². The third-order valence-corrected chi connectivity index (χ3v) is 5.03. The summed E-state index contributed by atoms with van der Waals surface area (Å²) in [5.41, 5.74) is 3.20. The van der Waals surface area contributed by atoms with Crippen LogP contribution in [0, 0.1) is 12.7 Å². The zero-order valence-corrected chi connectivity index (χ0v) is 17.8. The van der Waals surface area contributed by atoms with Crippen LogP contribution in [0.15, 0.2) is 53.3 Å². The second-order valence-electron chi connectivity index (χ2n) is 7.24. The Balaban J connectivity index is 1.32. The highest BCUT2D eigenvalue weighted by Crippen LogP contribution is 2.26. The average Bonchev–Trinajstić information content (AvgIpc) is 3.55. The van der Waals surface area contributed by atoms with Crippen LogP contribution in [0.2, 0.25) is 0 Å². The van der Waals surface area contributed by atoms with E-state index in [2.05, 4.69) is 35.7 Å². The lowest BCUT2D eigenvalue weighted by Crippen LogP contribution is -2.05. The summed E-state index contributed by atoms with van der Waals surface area (Å²) in [5, 5.41) is 19.9. The van der Waals surface area contributed by atoms with Crippen LogP contribution in [0.3, 0.4) is 0 Å². The number of aromatic nitrogens is 9. The van der Waals surface area contributed by atoms with Crippen molar-refractivity contribution in [2.75, 3.05) is 0 Å². The molecule has 0 aliphatic rings. The van der Waals surface area contributed by atoms with Gasteiger partial charge in [-0.3, -0.25) is 4.68 Å². The number of hydrogen-bond donors (Lipinski definition) is 0. The molecule has 0 saturated heterocycles. The summed E-state index contributed by atoms with van der Waals surface area (Å²) in [5.74, 6) is 1.38. The molecule has 0 N–H and O–H groups in total. The Kier molecular flexibility index (Phi) is 5.30. The molecule has 33 heavy (non-hydrogen) atoms. The lowest BCUT2D eigenvalue weighted by Gasteiger charge is -2.06. The van der Waals surface area contributed by atoms with Crippen LogP contribution in [0.25, 0.3) is 22.8 Å².